The first kappa shape index (κ1) is 11.0. The van der Waals surface area contributed by atoms with E-state index in [0.29, 0.717) is 0 Å². The molecule has 0 aliphatic heterocycles. The molecule has 0 aliphatic carbocycles. The van der Waals surface area contributed by atoms with Gasteiger partial charge in [-0.05, 0) is 0 Å². The minimum Gasteiger partial charge on any atom is 0 e. The fraction of sp³-hybridized carbons (Fsp3) is 0. The minimum absolute atomic E-state index is 0. The van der Waals surface area contributed by atoms with Crippen LogP contribution < -0.4 is 0 Å². The summed E-state index contributed by atoms with van der Waals surface area (Å²) in [7, 11) is 0. The van der Waals surface area contributed by atoms with Gasteiger partial charge in [-0.25, -0.2) is 0 Å². The van der Waals surface area contributed by atoms with Gasteiger partial charge in [-0.2, -0.15) is 0 Å². The third-order valence-corrected chi connectivity index (χ3v) is 1.06. The maximum Gasteiger partial charge on any atom is 0 e. The molecule has 0 saturated carbocycles. The Balaban J connectivity index is 0. The summed E-state index contributed by atoms with van der Waals surface area (Å²) in [4.78, 5) is 0. The summed E-state index contributed by atoms with van der Waals surface area (Å²) in [5.74, 6) is 0. The third kappa shape index (κ3) is 9.46. The predicted molar refractivity (Wildman–Crippen MR) is 27.0 cm³/mol. The van der Waals surface area contributed by atoms with E-state index >= 15 is 0 Å². The number of hydrogen-bond donors (Lipinski definition) is 0. The standard InChI is InChI=1S/C3H2.2Sb.Zr.H/c1-3-2;;;;/h1,3H;;;;/q-1;;;;. The SMILES string of the molecule is [Sb]=[C-]C=[CH][SbH].[Zr]. The molecule has 0 fully saturated rings. The summed E-state index contributed by atoms with van der Waals surface area (Å²) in [5, 5.41) is 0. The van der Waals surface area contributed by atoms with E-state index in [4.69, 9.17) is 0 Å². The molecule has 0 saturated heterocycles. The molecule has 0 bridgehead atoms. The zero-order chi connectivity index (χ0) is 4.12. The van der Waals surface area contributed by atoms with Crippen LogP contribution in [-0.4, -0.2) is 49.5 Å². The van der Waals surface area contributed by atoms with Gasteiger partial charge in [0.1, 0.15) is 0 Å². The molecule has 0 heterocycles. The van der Waals surface area contributed by atoms with E-state index in [-0.39, 0.29) is 26.2 Å². The first-order valence-corrected chi connectivity index (χ1v) is 4.06. The number of allylic oxidation sites excluding steroid dienone is 1. The monoisotopic (exact) mass is 371 g/mol. The van der Waals surface area contributed by atoms with E-state index in [0.717, 1.165) is 0 Å². The van der Waals surface area contributed by atoms with Crippen LogP contribution in [0.4, 0.5) is 0 Å². The van der Waals surface area contributed by atoms with Crippen molar-refractivity contribution in [2.24, 2.45) is 0 Å². The van der Waals surface area contributed by atoms with E-state index in [1.807, 2.05) is 10.1 Å². The summed E-state index contributed by atoms with van der Waals surface area (Å²) in [6.45, 7) is 0. The first-order valence-electron chi connectivity index (χ1n) is 1.13. The summed E-state index contributed by atoms with van der Waals surface area (Å²) in [6, 6.07) is 0. The molecule has 2 radical (unpaired) electrons. The second kappa shape index (κ2) is 10.2. The topological polar surface area (TPSA) is 0 Å². The molecule has 0 aromatic carbocycles. The number of rotatable bonds is 1. The van der Waals surface area contributed by atoms with Gasteiger partial charge in [0.25, 0.3) is 0 Å². The molecule has 0 spiro atoms. The zero-order valence-electron chi connectivity index (χ0n) is 3.10. The van der Waals surface area contributed by atoms with E-state index in [2.05, 4.69) is 3.95 Å². The van der Waals surface area contributed by atoms with Crippen molar-refractivity contribution in [2.45, 2.75) is 0 Å². The van der Waals surface area contributed by atoms with Crippen molar-refractivity contribution < 1.29 is 26.2 Å². The Morgan fingerprint density at radius 2 is 2.17 bits per heavy atom. The van der Waals surface area contributed by atoms with Crippen molar-refractivity contribution in [1.82, 2.24) is 0 Å². The van der Waals surface area contributed by atoms with Crippen LogP contribution in [-0.2, 0) is 26.2 Å². The van der Waals surface area contributed by atoms with Crippen molar-refractivity contribution in [3.05, 3.63) is 10.1 Å². The van der Waals surface area contributed by atoms with E-state index < -0.39 is 0 Å². The molecular weight excluding hydrogens is 371 g/mol. The van der Waals surface area contributed by atoms with Crippen LogP contribution in [0.5, 0.6) is 0 Å². The van der Waals surface area contributed by atoms with Crippen LogP contribution in [0.1, 0.15) is 0 Å². The Hall–Kier alpha value is 2.13. The molecule has 0 amide bonds. The van der Waals surface area contributed by atoms with E-state index in [1.165, 1.54) is 23.0 Å². The normalized spacial score (nSPS) is 7.50. The van der Waals surface area contributed by atoms with Gasteiger partial charge in [0.15, 0.2) is 0 Å². The molecule has 0 nitrogen and oxygen atoms in total. The molecular formula is C3H3Sb2Zr-. The van der Waals surface area contributed by atoms with Gasteiger partial charge in [0.2, 0.25) is 0 Å². The van der Waals surface area contributed by atoms with Crippen LogP contribution in [0.25, 0.3) is 0 Å². The summed E-state index contributed by atoms with van der Waals surface area (Å²) in [5.41, 5.74) is 0. The van der Waals surface area contributed by atoms with Gasteiger partial charge in [-0.3, -0.25) is 0 Å². The first-order chi connectivity index (χ1) is 2.41. The molecule has 0 unspecified atom stereocenters. The van der Waals surface area contributed by atoms with Crippen molar-refractivity contribution in [1.29, 1.82) is 0 Å². The fourth-order valence-electron chi connectivity index (χ4n) is 0.0373. The predicted octanol–water partition coefficient (Wildman–Crippen LogP) is -0.754. The Labute approximate surface area is 84.4 Å². The minimum atomic E-state index is 0. The summed E-state index contributed by atoms with van der Waals surface area (Å²) >= 11 is 3.05. The molecule has 30 valence electrons. The van der Waals surface area contributed by atoms with Gasteiger partial charge in [-0.1, -0.05) is 0 Å². The second-order valence-electron chi connectivity index (χ2n) is 0.462. The van der Waals surface area contributed by atoms with Crippen LogP contribution in [0.2, 0.25) is 0 Å². The maximum atomic E-state index is 2.91. The summed E-state index contributed by atoms with van der Waals surface area (Å²) < 4.78 is 4.96. The molecule has 0 rings (SSSR count). The smallest absolute Gasteiger partial charge is 0 e. The van der Waals surface area contributed by atoms with Gasteiger partial charge in [0, 0.05) is 26.2 Å². The Morgan fingerprint density at radius 3 is 2.17 bits per heavy atom. The Bertz CT molecular complexity index is 50.8. The third-order valence-electron chi connectivity index (χ3n) is 0.158. The largest absolute Gasteiger partial charge is 0 e. The average Bonchev–Trinajstić information content (AvgIpc) is 1.41. The second-order valence-corrected chi connectivity index (χ2v) is 2.15. The van der Waals surface area contributed by atoms with Crippen molar-refractivity contribution in [3.8, 4) is 0 Å². The quantitative estimate of drug-likeness (QED) is 0.419. The number of hydrogen-bond acceptors (Lipinski definition) is 0. The average molecular weight is 374 g/mol. The molecule has 6 heavy (non-hydrogen) atoms. The van der Waals surface area contributed by atoms with Gasteiger partial charge in [0.05, 0.1) is 0 Å². The van der Waals surface area contributed by atoms with Crippen LogP contribution in [0.3, 0.4) is 0 Å². The molecule has 0 aliphatic rings. The van der Waals surface area contributed by atoms with Gasteiger partial charge in [-0.15, -0.1) is 0 Å². The van der Waals surface area contributed by atoms with Gasteiger partial charge < -0.3 is 0 Å². The van der Waals surface area contributed by atoms with Crippen LogP contribution in [0.15, 0.2) is 10.1 Å². The molecule has 0 aromatic heterocycles. The summed E-state index contributed by atoms with van der Waals surface area (Å²) in [6.07, 6.45) is 1.94. The molecule has 0 atom stereocenters. The fourth-order valence-corrected chi connectivity index (χ4v) is 1.68. The Morgan fingerprint density at radius 1 is 1.67 bits per heavy atom. The van der Waals surface area contributed by atoms with Crippen LogP contribution >= 0.6 is 0 Å². The van der Waals surface area contributed by atoms with Crippen molar-refractivity contribution in [3.63, 3.8) is 0 Å². The molecule has 3 heteroatoms. The van der Waals surface area contributed by atoms with Crippen LogP contribution in [0, 0.1) is 0 Å². The Kier molecular flexibility index (Phi) is 18.7. The maximum absolute atomic E-state index is 2.91. The molecule has 0 N–H and O–H groups in total. The molecule has 0 aromatic rings. The van der Waals surface area contributed by atoms with E-state index in [9.17, 15) is 0 Å². The van der Waals surface area contributed by atoms with Crippen molar-refractivity contribution >= 4 is 49.5 Å². The van der Waals surface area contributed by atoms with Crippen molar-refractivity contribution in [2.75, 3.05) is 0 Å². The van der Waals surface area contributed by atoms with E-state index in [1.54, 1.807) is 22.5 Å². The zero-order valence-corrected chi connectivity index (χ0v) is 11.0. The van der Waals surface area contributed by atoms with Gasteiger partial charge >= 0.3 is 59.6 Å².